The van der Waals surface area contributed by atoms with Gasteiger partial charge in [-0.05, 0) is 32.0 Å². The number of nitro groups is 1. The van der Waals surface area contributed by atoms with Crippen molar-refractivity contribution in [3.05, 3.63) is 58.1 Å². The predicted molar refractivity (Wildman–Crippen MR) is 100.0 cm³/mol. The van der Waals surface area contributed by atoms with E-state index in [-0.39, 0.29) is 30.5 Å². The van der Waals surface area contributed by atoms with E-state index in [1.807, 2.05) is 6.07 Å². The van der Waals surface area contributed by atoms with Gasteiger partial charge >= 0.3 is 0 Å². The fourth-order valence-electron chi connectivity index (χ4n) is 2.97. The van der Waals surface area contributed by atoms with Gasteiger partial charge in [-0.15, -0.1) is 0 Å². The molecule has 0 aliphatic carbocycles. The van der Waals surface area contributed by atoms with Crippen LogP contribution in [0.4, 0.5) is 17.1 Å². The Bertz CT molecular complexity index is 912. The lowest BCUT2D eigenvalue weighted by Crippen LogP contribution is -2.45. The molecule has 0 spiro atoms. The molecule has 27 heavy (non-hydrogen) atoms. The average molecular weight is 369 g/mol. The molecule has 0 saturated carbocycles. The van der Waals surface area contributed by atoms with Crippen molar-refractivity contribution >= 4 is 28.9 Å². The minimum atomic E-state index is -0.623. The SMILES string of the molecule is Cc1c(NC(=O)CCN2C(=O)[C@@H](C)Oc3ccccc32)cccc1[N+](=O)[O-]. The number of amides is 2. The summed E-state index contributed by atoms with van der Waals surface area (Å²) in [6, 6.07) is 11.7. The number of benzene rings is 2. The molecule has 0 unspecified atom stereocenters. The monoisotopic (exact) mass is 369 g/mol. The zero-order chi connectivity index (χ0) is 19.6. The Morgan fingerprint density at radius 2 is 2.00 bits per heavy atom. The fraction of sp³-hybridized carbons (Fsp3) is 0.263. The Hall–Kier alpha value is -3.42. The molecule has 2 amide bonds. The lowest BCUT2D eigenvalue weighted by atomic mass is 10.1. The second-order valence-electron chi connectivity index (χ2n) is 6.22. The second-order valence-corrected chi connectivity index (χ2v) is 6.22. The third-order valence-electron chi connectivity index (χ3n) is 4.41. The van der Waals surface area contributed by atoms with E-state index in [4.69, 9.17) is 4.74 Å². The van der Waals surface area contributed by atoms with Gasteiger partial charge in [-0.1, -0.05) is 18.2 Å². The zero-order valence-electron chi connectivity index (χ0n) is 15.0. The van der Waals surface area contributed by atoms with Gasteiger partial charge in [0.15, 0.2) is 6.10 Å². The molecule has 140 valence electrons. The van der Waals surface area contributed by atoms with E-state index in [1.54, 1.807) is 38.1 Å². The molecule has 2 aromatic rings. The number of carbonyl (C=O) groups excluding carboxylic acids is 2. The largest absolute Gasteiger partial charge is 0.479 e. The molecule has 1 atom stereocenters. The number of fused-ring (bicyclic) bond motifs is 1. The predicted octanol–water partition coefficient (Wildman–Crippen LogP) is 3.05. The normalized spacial score (nSPS) is 15.7. The molecule has 0 radical (unpaired) electrons. The number of carbonyl (C=O) groups is 2. The van der Waals surface area contributed by atoms with Gasteiger partial charge in [-0.2, -0.15) is 0 Å². The van der Waals surface area contributed by atoms with Crippen LogP contribution in [0.2, 0.25) is 0 Å². The minimum Gasteiger partial charge on any atom is -0.479 e. The molecule has 2 aromatic carbocycles. The molecule has 8 nitrogen and oxygen atoms in total. The highest BCUT2D eigenvalue weighted by molar-refractivity contribution is 6.01. The average Bonchev–Trinajstić information content (AvgIpc) is 2.63. The van der Waals surface area contributed by atoms with Crippen LogP contribution in [0.3, 0.4) is 0 Å². The van der Waals surface area contributed by atoms with Crippen molar-refractivity contribution in [2.75, 3.05) is 16.8 Å². The number of hydrogen-bond donors (Lipinski definition) is 1. The van der Waals surface area contributed by atoms with E-state index < -0.39 is 11.0 Å². The summed E-state index contributed by atoms with van der Waals surface area (Å²) in [4.78, 5) is 36.8. The van der Waals surface area contributed by atoms with Crippen molar-refractivity contribution in [2.24, 2.45) is 0 Å². The van der Waals surface area contributed by atoms with Crippen LogP contribution < -0.4 is 15.0 Å². The maximum Gasteiger partial charge on any atom is 0.274 e. The quantitative estimate of drug-likeness (QED) is 0.645. The zero-order valence-corrected chi connectivity index (χ0v) is 15.0. The summed E-state index contributed by atoms with van der Waals surface area (Å²) in [6.45, 7) is 3.43. The van der Waals surface area contributed by atoms with Crippen molar-refractivity contribution in [1.29, 1.82) is 0 Å². The molecular weight excluding hydrogens is 350 g/mol. The highest BCUT2D eigenvalue weighted by atomic mass is 16.6. The number of nitrogens with one attached hydrogen (secondary N) is 1. The summed E-state index contributed by atoms with van der Waals surface area (Å²) in [6.07, 6.45) is -0.573. The van der Waals surface area contributed by atoms with Gasteiger partial charge in [0.2, 0.25) is 5.91 Å². The van der Waals surface area contributed by atoms with E-state index in [9.17, 15) is 19.7 Å². The first-order valence-electron chi connectivity index (χ1n) is 8.49. The molecule has 3 rings (SSSR count). The first-order chi connectivity index (χ1) is 12.9. The lowest BCUT2D eigenvalue weighted by Gasteiger charge is -2.32. The summed E-state index contributed by atoms with van der Waals surface area (Å²) in [5.74, 6) is 0.0515. The Morgan fingerprint density at radius 3 is 2.74 bits per heavy atom. The number of rotatable bonds is 5. The standard InChI is InChI=1S/C19H19N3O5/c1-12-14(6-5-8-15(12)22(25)26)20-18(23)10-11-21-16-7-3-4-9-17(16)27-13(2)19(21)24/h3-9,13H,10-11H2,1-2H3,(H,20,23)/t13-/m1/s1. The molecule has 0 saturated heterocycles. The minimum absolute atomic E-state index is 0.0505. The molecule has 1 aliphatic heterocycles. The second kappa shape index (κ2) is 7.45. The van der Waals surface area contributed by atoms with Gasteiger partial charge in [0.05, 0.1) is 21.9 Å². The number of para-hydroxylation sites is 2. The molecule has 8 heteroatoms. The summed E-state index contributed by atoms with van der Waals surface area (Å²) >= 11 is 0. The molecule has 0 fully saturated rings. The molecule has 1 aliphatic rings. The van der Waals surface area contributed by atoms with Crippen molar-refractivity contribution in [2.45, 2.75) is 26.4 Å². The van der Waals surface area contributed by atoms with E-state index >= 15 is 0 Å². The molecule has 1 N–H and O–H groups in total. The highest BCUT2D eigenvalue weighted by Gasteiger charge is 2.31. The Kier molecular flexibility index (Phi) is 5.07. The van der Waals surface area contributed by atoms with Crippen molar-refractivity contribution < 1.29 is 19.2 Å². The first-order valence-corrected chi connectivity index (χ1v) is 8.49. The maximum atomic E-state index is 12.4. The van der Waals surface area contributed by atoms with Crippen LogP contribution in [0.5, 0.6) is 5.75 Å². The fourth-order valence-corrected chi connectivity index (χ4v) is 2.97. The third-order valence-corrected chi connectivity index (χ3v) is 4.41. The maximum absolute atomic E-state index is 12.4. The Morgan fingerprint density at radius 1 is 1.26 bits per heavy atom. The number of ether oxygens (including phenoxy) is 1. The van der Waals surface area contributed by atoms with Crippen LogP contribution in [0.1, 0.15) is 18.9 Å². The molecule has 1 heterocycles. The topological polar surface area (TPSA) is 102 Å². The van der Waals surface area contributed by atoms with Crippen LogP contribution in [0, 0.1) is 17.0 Å². The van der Waals surface area contributed by atoms with E-state index in [0.717, 1.165) is 0 Å². The lowest BCUT2D eigenvalue weighted by molar-refractivity contribution is -0.385. The van der Waals surface area contributed by atoms with Gasteiger partial charge in [0.25, 0.3) is 11.6 Å². The van der Waals surface area contributed by atoms with Crippen LogP contribution in [0.25, 0.3) is 0 Å². The third kappa shape index (κ3) is 3.74. The summed E-state index contributed by atoms with van der Waals surface area (Å²) in [7, 11) is 0. The van der Waals surface area contributed by atoms with Crippen LogP contribution in [-0.4, -0.2) is 29.4 Å². The van der Waals surface area contributed by atoms with Crippen molar-refractivity contribution in [1.82, 2.24) is 0 Å². The van der Waals surface area contributed by atoms with Crippen molar-refractivity contribution in [3.63, 3.8) is 0 Å². The van der Waals surface area contributed by atoms with Gasteiger partial charge in [-0.25, -0.2) is 0 Å². The van der Waals surface area contributed by atoms with Crippen molar-refractivity contribution in [3.8, 4) is 5.75 Å². The molecule has 0 bridgehead atoms. The number of anilines is 2. The number of nitro benzene ring substituents is 1. The van der Waals surface area contributed by atoms with E-state index in [1.165, 1.54) is 17.0 Å². The Balaban J connectivity index is 1.70. The van der Waals surface area contributed by atoms with Crippen LogP contribution >= 0.6 is 0 Å². The van der Waals surface area contributed by atoms with Crippen LogP contribution in [0.15, 0.2) is 42.5 Å². The number of hydrogen-bond acceptors (Lipinski definition) is 5. The van der Waals surface area contributed by atoms with Gasteiger partial charge in [-0.3, -0.25) is 19.7 Å². The highest BCUT2D eigenvalue weighted by Crippen LogP contribution is 2.33. The first kappa shape index (κ1) is 18.4. The molecule has 0 aromatic heterocycles. The van der Waals surface area contributed by atoms with E-state index in [0.29, 0.717) is 22.7 Å². The molecular formula is C19H19N3O5. The van der Waals surface area contributed by atoms with Crippen LogP contribution in [-0.2, 0) is 9.59 Å². The Labute approximate surface area is 155 Å². The summed E-state index contributed by atoms with van der Waals surface area (Å²) in [5.41, 5.74) is 1.34. The van der Waals surface area contributed by atoms with Gasteiger partial charge in [0.1, 0.15) is 5.75 Å². The summed E-state index contributed by atoms with van der Waals surface area (Å²) < 4.78 is 5.57. The summed E-state index contributed by atoms with van der Waals surface area (Å²) in [5, 5.41) is 13.7. The smallest absolute Gasteiger partial charge is 0.274 e. The van der Waals surface area contributed by atoms with Gasteiger partial charge < -0.3 is 15.0 Å². The number of nitrogens with zero attached hydrogens (tertiary/aromatic N) is 2. The van der Waals surface area contributed by atoms with E-state index in [2.05, 4.69) is 5.32 Å². The van der Waals surface area contributed by atoms with Gasteiger partial charge in [0, 0.05) is 19.0 Å².